The van der Waals surface area contributed by atoms with E-state index in [4.69, 9.17) is 11.6 Å². The van der Waals surface area contributed by atoms with Crippen LogP contribution in [0.3, 0.4) is 0 Å². The summed E-state index contributed by atoms with van der Waals surface area (Å²) >= 11 is 6.03. The lowest BCUT2D eigenvalue weighted by molar-refractivity contribution is -0.134. The zero-order valence-electron chi connectivity index (χ0n) is 59.2. The molecule has 10 N–H and O–H groups in total. The van der Waals surface area contributed by atoms with Gasteiger partial charge < -0.3 is 61.6 Å². The third-order valence-corrected chi connectivity index (χ3v) is 16.3. The Balaban J connectivity index is 0.000000176. The minimum atomic E-state index is -1.19. The Bertz CT molecular complexity index is 5060. The number of anilines is 4. The van der Waals surface area contributed by atoms with Crippen LogP contribution >= 0.6 is 11.6 Å². The van der Waals surface area contributed by atoms with Crippen molar-refractivity contribution < 1.29 is 41.1 Å². The summed E-state index contributed by atoms with van der Waals surface area (Å²) < 4.78 is 69.2. The molecule has 0 atom stereocenters. The molecule has 28 nitrogen and oxygen atoms in total. The van der Waals surface area contributed by atoms with Gasteiger partial charge in [-0.3, -0.25) is 19.2 Å². The standard InChI is InChI=1S/C18H20ClFN6O.C18H21FN6O.C17H18F2N6O.C17H19FN6O.CH4/c1-5-26(4)17(27)18(2,3)25-16-13(20)9-23-15(24-16)12-8-22-14-11(12)6-10(19)7-21-14;1-5-25(4)17(26)18(2,3)24-16-13(19)10-22-15(23-16)12-9-21-14-11(12)7-6-8-20-14;1-17(2,16(26)21-7-5-18)25-15-12(19)9-23-14(24-15)11-8-22-13-10(11)4-3-6-20-13;1-4-19-16(25)17(2,3)24-15-12(18)9-22-14(23-15)11-8-21-13-10(11)6-5-7-20-13;/h6-9H,5H2,1-4H3,(H,21,22)(H,23,24,25);6-10H,5H2,1-4H3,(H,20,21)(H,22,23,24);3-4,6,8-9H,5,7H2,1-2H3,(H,20,22)(H,21,26)(H,23,24,25);5-9H,4H2,1-3H3,(H,19,25)(H,20,21)(H,22,23,24);1H4. The first-order chi connectivity index (χ1) is 49.4. The average Bonchev–Trinajstić information content (AvgIpc) is 1.45. The number of aromatic amines is 4. The van der Waals surface area contributed by atoms with Crippen molar-refractivity contribution in [3.05, 3.63) is 145 Å². The van der Waals surface area contributed by atoms with Gasteiger partial charge in [0.05, 0.1) is 29.8 Å². The summed E-state index contributed by atoms with van der Waals surface area (Å²) in [6.07, 6.45) is 17.7. The van der Waals surface area contributed by atoms with Crippen molar-refractivity contribution in [1.29, 1.82) is 0 Å². The SMILES string of the molecule is C.CC(C)(Nc1nc(-c2c[nH]c3ncccc23)ncc1F)C(=O)NCCF.CCN(C)C(=O)C(C)(C)Nc1nc(-c2c[nH]c3ncc(Cl)cc23)ncc1F.CCN(C)C(=O)C(C)(C)Nc1nc(-c2c[nH]c3ncccc23)ncc1F.CCNC(=O)C(C)(C)Nc1nc(-c2c[nH]c3ncccc23)ncc1F. The maximum Gasteiger partial charge on any atom is 0.247 e. The molecule has 0 saturated carbocycles. The van der Waals surface area contributed by atoms with E-state index in [1.807, 2.05) is 45.0 Å². The summed E-state index contributed by atoms with van der Waals surface area (Å²) in [5.74, 6) is -2.57. The van der Waals surface area contributed by atoms with Gasteiger partial charge in [-0.1, -0.05) is 19.0 Å². The highest BCUT2D eigenvalue weighted by Crippen LogP contribution is 2.33. The predicted octanol–water partition coefficient (Wildman–Crippen LogP) is 11.9. The zero-order chi connectivity index (χ0) is 75.4. The van der Waals surface area contributed by atoms with Crippen molar-refractivity contribution in [3.8, 4) is 45.6 Å². The van der Waals surface area contributed by atoms with Gasteiger partial charge in [0.2, 0.25) is 23.6 Å². The Kier molecular flexibility index (Phi) is 25.1. The van der Waals surface area contributed by atoms with E-state index >= 15 is 0 Å². The van der Waals surface area contributed by atoms with Crippen molar-refractivity contribution in [2.45, 2.75) is 106 Å². The minimum Gasteiger partial charge on any atom is -0.354 e. The van der Waals surface area contributed by atoms with E-state index in [1.54, 1.807) is 141 Å². The van der Waals surface area contributed by atoms with Crippen LogP contribution in [0.2, 0.25) is 5.02 Å². The lowest BCUT2D eigenvalue weighted by atomic mass is 10.0. The highest BCUT2D eigenvalue weighted by molar-refractivity contribution is 6.31. The highest BCUT2D eigenvalue weighted by atomic mass is 35.5. The van der Waals surface area contributed by atoms with Gasteiger partial charge in [0, 0.05) is 134 Å². The Morgan fingerprint density at radius 1 is 0.448 bits per heavy atom. The topological polar surface area (TPSA) is 365 Å². The number of nitrogens with zero attached hydrogens (tertiary/aromatic N) is 14. The van der Waals surface area contributed by atoms with E-state index in [-0.39, 0.29) is 60.8 Å². The van der Waals surface area contributed by atoms with Gasteiger partial charge in [-0.05, 0) is 119 Å². The van der Waals surface area contributed by atoms with Crippen LogP contribution in [0.25, 0.3) is 89.7 Å². The van der Waals surface area contributed by atoms with Crippen molar-refractivity contribution in [2.75, 3.05) is 68.2 Å². The third-order valence-electron chi connectivity index (χ3n) is 16.1. The number of hydrogen-bond donors (Lipinski definition) is 10. The minimum absolute atomic E-state index is 0. The molecule has 12 aromatic heterocycles. The molecule has 0 unspecified atom stereocenters. The average molecular weight is 1470 g/mol. The number of hydrogen-bond acceptors (Lipinski definition) is 20. The van der Waals surface area contributed by atoms with Gasteiger partial charge in [-0.2, -0.15) is 0 Å². The first-order valence-corrected chi connectivity index (χ1v) is 33.0. The van der Waals surface area contributed by atoms with Crippen LogP contribution in [0.5, 0.6) is 0 Å². The molecule has 552 valence electrons. The molecule has 0 fully saturated rings. The summed E-state index contributed by atoms with van der Waals surface area (Å²) in [6, 6.07) is 12.7. The molecule has 12 heterocycles. The van der Waals surface area contributed by atoms with Gasteiger partial charge in [0.15, 0.2) is 69.8 Å². The summed E-state index contributed by atoms with van der Waals surface area (Å²) in [5, 5.41) is 20.2. The number of aromatic nitrogens is 16. The van der Waals surface area contributed by atoms with Gasteiger partial charge in [0.1, 0.15) is 51.4 Å². The monoisotopic (exact) mass is 1460 g/mol. The number of carbonyl (C=O) groups is 4. The molecule has 0 aromatic carbocycles. The fourth-order valence-corrected chi connectivity index (χ4v) is 10.5. The largest absolute Gasteiger partial charge is 0.354 e. The summed E-state index contributed by atoms with van der Waals surface area (Å²) in [4.78, 5) is 115. The first-order valence-electron chi connectivity index (χ1n) is 32.7. The normalized spacial score (nSPS) is 11.5. The molecule has 105 heavy (non-hydrogen) atoms. The van der Waals surface area contributed by atoms with E-state index in [0.717, 1.165) is 46.3 Å². The molecule has 0 aliphatic heterocycles. The first kappa shape index (κ1) is 78.8. The number of pyridine rings is 4. The zero-order valence-corrected chi connectivity index (χ0v) is 59.9. The van der Waals surface area contributed by atoms with Crippen molar-refractivity contribution in [2.24, 2.45) is 0 Å². The summed E-state index contributed by atoms with van der Waals surface area (Å²) in [7, 11) is 3.39. The summed E-state index contributed by atoms with van der Waals surface area (Å²) in [5.41, 5.74) is 1.14. The van der Waals surface area contributed by atoms with Crippen LogP contribution in [0.15, 0.2) is 117 Å². The lowest BCUT2D eigenvalue weighted by Crippen LogP contribution is -2.48. The van der Waals surface area contributed by atoms with E-state index in [0.29, 0.717) is 87.0 Å². The fraction of sp³-hybridized carbons (Fsp3) is 0.324. The molecule has 0 aliphatic rings. The second-order valence-corrected chi connectivity index (χ2v) is 26.0. The number of likely N-dealkylation sites (N-methyl/N-ethyl adjacent to an activating group) is 3. The Morgan fingerprint density at radius 2 is 0.752 bits per heavy atom. The van der Waals surface area contributed by atoms with Crippen molar-refractivity contribution in [3.63, 3.8) is 0 Å². The molecule has 0 saturated heterocycles. The van der Waals surface area contributed by atoms with Gasteiger partial charge in [-0.25, -0.2) is 81.8 Å². The molecule has 12 aromatic rings. The lowest BCUT2D eigenvalue weighted by Gasteiger charge is -2.30. The quantitative estimate of drug-likeness (QED) is 0.0299. The Morgan fingerprint density at radius 3 is 1.07 bits per heavy atom. The second-order valence-electron chi connectivity index (χ2n) is 25.6. The molecule has 4 amide bonds. The summed E-state index contributed by atoms with van der Waals surface area (Å²) in [6.45, 7) is 19.5. The number of carbonyl (C=O) groups excluding carboxylic acids is 4. The Hall–Kier alpha value is -11.9. The van der Waals surface area contributed by atoms with Crippen molar-refractivity contribution in [1.82, 2.24) is 100 Å². The number of amides is 4. The number of nitrogens with one attached hydrogen (secondary N) is 10. The van der Waals surface area contributed by atoms with Crippen LogP contribution in [0, 0.1) is 23.3 Å². The maximum atomic E-state index is 14.3. The van der Waals surface area contributed by atoms with Crippen LogP contribution in [-0.2, 0) is 19.2 Å². The van der Waals surface area contributed by atoms with Gasteiger partial charge >= 0.3 is 0 Å². The van der Waals surface area contributed by atoms with Crippen LogP contribution in [0.4, 0.5) is 45.2 Å². The number of rotatable bonds is 21. The fourth-order valence-electron chi connectivity index (χ4n) is 10.3. The van der Waals surface area contributed by atoms with E-state index in [9.17, 15) is 41.1 Å². The van der Waals surface area contributed by atoms with Gasteiger partial charge in [-0.15, -0.1) is 0 Å². The molecular formula is C71H82ClF5N24O4. The number of alkyl halides is 1. The molecule has 34 heteroatoms. The smallest absolute Gasteiger partial charge is 0.247 e. The van der Waals surface area contributed by atoms with E-state index in [1.165, 1.54) is 6.20 Å². The van der Waals surface area contributed by atoms with Crippen LogP contribution in [0.1, 0.15) is 83.6 Å². The molecule has 0 aliphatic carbocycles. The second kappa shape index (κ2) is 33.5. The number of fused-ring (bicyclic) bond motifs is 4. The van der Waals surface area contributed by atoms with Crippen molar-refractivity contribution >= 4 is 103 Å². The molecule has 0 spiro atoms. The number of H-pyrrole nitrogens is 4. The van der Waals surface area contributed by atoms with Crippen LogP contribution in [-0.4, -0.2) is 182 Å². The number of halogens is 6. The molecule has 0 bridgehead atoms. The Labute approximate surface area is 606 Å². The van der Waals surface area contributed by atoms with Crippen LogP contribution < -0.4 is 31.9 Å². The third kappa shape index (κ3) is 18.5. The molecule has 0 radical (unpaired) electrons. The maximum absolute atomic E-state index is 14.3. The predicted molar refractivity (Wildman–Crippen MR) is 395 cm³/mol. The van der Waals surface area contributed by atoms with Gasteiger partial charge in [0.25, 0.3) is 0 Å². The highest BCUT2D eigenvalue weighted by Gasteiger charge is 2.35. The van der Waals surface area contributed by atoms with E-state index in [2.05, 4.69) is 112 Å². The van der Waals surface area contributed by atoms with E-state index < -0.39 is 58.0 Å². The molecular weight excluding hydrogens is 1380 g/mol. The molecule has 12 rings (SSSR count).